The Morgan fingerprint density at radius 1 is 0.644 bits per heavy atom. The fraction of sp³-hybridized carbons (Fsp3) is 0.333. The van der Waals surface area contributed by atoms with Crippen LogP contribution in [0.5, 0.6) is 0 Å². The van der Waals surface area contributed by atoms with Crippen molar-refractivity contribution >= 4 is 54.7 Å². The van der Waals surface area contributed by atoms with E-state index >= 15 is 0 Å². The lowest BCUT2D eigenvalue weighted by atomic mass is 10.0. The molecule has 4 aliphatic rings. The number of nitrogens with one attached hydrogen (secondary N) is 1. The van der Waals surface area contributed by atoms with E-state index in [1.54, 1.807) is 13.8 Å². The monoisotopic (exact) mass is 869 g/mol. The summed E-state index contributed by atoms with van der Waals surface area (Å²) in [5, 5.41) is 20.8. The molecule has 12 nitrogen and oxygen atoms in total. The van der Waals surface area contributed by atoms with Crippen molar-refractivity contribution in [2.24, 2.45) is 0 Å². The number of carbonyl (C=O) groups excluding carboxylic acids is 1. The molecule has 4 aromatic rings. The Morgan fingerprint density at radius 2 is 1.03 bits per heavy atom. The van der Waals surface area contributed by atoms with Crippen LogP contribution in [0.1, 0.15) is 80.7 Å². The first-order chi connectivity index (χ1) is 27.3. The highest BCUT2D eigenvalue weighted by Crippen LogP contribution is 2.54. The molecule has 0 radical (unpaired) electrons. The zero-order valence-corrected chi connectivity index (χ0v) is 33.0. The maximum atomic E-state index is 14.7. The highest BCUT2D eigenvalue weighted by Gasteiger charge is 2.60. The SMILES string of the molecule is CC(C)c1ccc(N2c3ccccc3C(F)(F)S2(=O)=O)cc1F.C[C@@H](NC(=O)C1(O)CC1)c1ccc(N2c3ccccc3C(F)(F)S2(=O)=O)cc1F.O=C(O)C1(O)CC1. The number of nitrogens with zero attached hydrogens (tertiary/aromatic N) is 2. The summed E-state index contributed by atoms with van der Waals surface area (Å²) in [6.45, 7) is 5.07. The number of alkyl halides is 4. The first-order valence-corrected chi connectivity index (χ1v) is 20.8. The molecule has 0 bridgehead atoms. The summed E-state index contributed by atoms with van der Waals surface area (Å²) in [6, 6.07) is 16.3. The number of aliphatic hydroxyl groups is 2. The van der Waals surface area contributed by atoms with Gasteiger partial charge in [0.05, 0.1) is 39.9 Å². The van der Waals surface area contributed by atoms with Gasteiger partial charge in [-0.05, 0) is 92.6 Å². The van der Waals surface area contributed by atoms with Gasteiger partial charge >= 0.3 is 36.5 Å². The van der Waals surface area contributed by atoms with Crippen LogP contribution in [-0.4, -0.2) is 55.2 Å². The van der Waals surface area contributed by atoms with Gasteiger partial charge in [0, 0.05) is 5.56 Å². The van der Waals surface area contributed by atoms with E-state index in [0.29, 0.717) is 39.9 Å². The molecule has 20 heteroatoms. The minimum absolute atomic E-state index is 0.0305. The molecule has 0 saturated heterocycles. The van der Waals surface area contributed by atoms with Crippen molar-refractivity contribution < 1.29 is 68.1 Å². The van der Waals surface area contributed by atoms with Crippen molar-refractivity contribution in [3.8, 4) is 0 Å². The number of rotatable bonds is 7. The first-order valence-electron chi connectivity index (χ1n) is 17.9. The topological polar surface area (TPSA) is 182 Å². The zero-order chi connectivity index (χ0) is 43.7. The van der Waals surface area contributed by atoms with Crippen molar-refractivity contribution in [2.75, 3.05) is 8.61 Å². The van der Waals surface area contributed by atoms with Crippen LogP contribution in [0.25, 0.3) is 0 Å². The number of benzene rings is 4. The molecule has 0 unspecified atom stereocenters. The number of carboxylic acid groups (broad SMARTS) is 1. The molecule has 2 aliphatic carbocycles. The van der Waals surface area contributed by atoms with Gasteiger partial charge in [-0.2, -0.15) is 34.4 Å². The van der Waals surface area contributed by atoms with Crippen LogP contribution in [0, 0.1) is 11.6 Å². The lowest BCUT2D eigenvalue weighted by Gasteiger charge is -2.21. The zero-order valence-electron chi connectivity index (χ0n) is 31.3. The number of anilines is 4. The van der Waals surface area contributed by atoms with Gasteiger partial charge in [0.15, 0.2) is 5.60 Å². The molecule has 1 atom stereocenters. The van der Waals surface area contributed by atoms with Crippen molar-refractivity contribution in [3.05, 3.63) is 119 Å². The highest BCUT2D eigenvalue weighted by atomic mass is 32.2. The molecule has 2 saturated carbocycles. The van der Waals surface area contributed by atoms with Crippen LogP contribution in [0.4, 0.5) is 49.1 Å². The van der Waals surface area contributed by atoms with Gasteiger partial charge in [-0.15, -0.1) is 0 Å². The average Bonchev–Trinajstić information content (AvgIpc) is 4.08. The highest BCUT2D eigenvalue weighted by molar-refractivity contribution is 7.94. The lowest BCUT2D eigenvalue weighted by Crippen LogP contribution is -2.38. The van der Waals surface area contributed by atoms with E-state index in [1.807, 2.05) is 0 Å². The quantitative estimate of drug-likeness (QED) is 0.141. The Bertz CT molecular complexity index is 2570. The fourth-order valence-electron chi connectivity index (χ4n) is 6.31. The maximum absolute atomic E-state index is 14.7. The van der Waals surface area contributed by atoms with E-state index < -0.39 is 82.4 Å². The number of amides is 1. The number of aliphatic carboxylic acids is 1. The van der Waals surface area contributed by atoms with Gasteiger partial charge in [0.2, 0.25) is 0 Å². The minimum atomic E-state index is -5.13. The van der Waals surface area contributed by atoms with Gasteiger partial charge in [-0.3, -0.25) is 4.79 Å². The third-order valence-electron chi connectivity index (χ3n) is 10.1. The van der Waals surface area contributed by atoms with Crippen LogP contribution >= 0.6 is 0 Å². The Hall–Kier alpha value is -5.18. The maximum Gasteiger partial charge on any atom is 0.391 e. The fourth-order valence-corrected chi connectivity index (χ4v) is 9.28. The number of sulfonamides is 2. The van der Waals surface area contributed by atoms with Crippen molar-refractivity contribution in [1.29, 1.82) is 0 Å². The molecule has 0 aromatic heterocycles. The second-order valence-corrected chi connectivity index (χ2v) is 18.4. The van der Waals surface area contributed by atoms with E-state index in [9.17, 15) is 57.9 Å². The van der Waals surface area contributed by atoms with Crippen LogP contribution in [0.2, 0.25) is 0 Å². The molecule has 2 fully saturated rings. The third kappa shape index (κ3) is 7.51. The molecular weight excluding hydrogens is 833 g/mol. The summed E-state index contributed by atoms with van der Waals surface area (Å²) < 4.78 is 137. The number of para-hydroxylation sites is 2. The standard InChI is InChI=1S/C19H17F3N2O4S.C16H14F3NO2S.C4H6O3/c1-11(23-17(25)18(26)8-9-18)13-7-6-12(10-15(13)20)24-16-5-3-2-4-14(16)19(21,22)29(24,27)28;1-10(2)12-8-7-11(9-14(12)17)20-15-6-4-3-5-13(15)16(18,19)23(20,21)22;5-3(6)4(7)1-2-4/h2-7,10-11,26H,8-9H2,1H3,(H,23,25);3-10H,1-2H3;7H,1-2H2,(H,5,6)/t11-;;/m1../s1. The van der Waals surface area contributed by atoms with E-state index in [2.05, 4.69) is 5.32 Å². The van der Waals surface area contributed by atoms with Gasteiger partial charge in [0.25, 0.3) is 5.91 Å². The molecule has 59 heavy (non-hydrogen) atoms. The Morgan fingerprint density at radius 3 is 1.37 bits per heavy atom. The van der Waals surface area contributed by atoms with E-state index in [4.69, 9.17) is 10.2 Å². The van der Waals surface area contributed by atoms with E-state index in [0.717, 1.165) is 24.3 Å². The Balaban J connectivity index is 0.000000173. The Labute approximate surface area is 334 Å². The summed E-state index contributed by atoms with van der Waals surface area (Å²) in [7, 11) is -10.1. The second-order valence-electron chi connectivity index (χ2n) is 14.7. The van der Waals surface area contributed by atoms with E-state index in [-0.39, 0.29) is 34.2 Å². The molecule has 1 amide bonds. The molecule has 2 heterocycles. The van der Waals surface area contributed by atoms with Gasteiger partial charge < -0.3 is 20.6 Å². The molecule has 316 valence electrons. The average molecular weight is 870 g/mol. The summed E-state index contributed by atoms with van der Waals surface area (Å²) >= 11 is 0. The molecule has 2 aliphatic heterocycles. The third-order valence-corrected chi connectivity index (χ3v) is 13.7. The summed E-state index contributed by atoms with van der Waals surface area (Å²) in [5.41, 5.74) is -4.45. The predicted octanol–water partition coefficient (Wildman–Crippen LogP) is 7.13. The van der Waals surface area contributed by atoms with Gasteiger partial charge in [-0.25, -0.2) is 22.2 Å². The predicted molar refractivity (Wildman–Crippen MR) is 202 cm³/mol. The van der Waals surface area contributed by atoms with E-state index in [1.165, 1.54) is 67.6 Å². The largest absolute Gasteiger partial charge is 0.479 e. The lowest BCUT2D eigenvalue weighted by molar-refractivity contribution is -0.149. The Kier molecular flexibility index (Phi) is 10.9. The van der Waals surface area contributed by atoms with Gasteiger partial charge in [0.1, 0.15) is 17.2 Å². The van der Waals surface area contributed by atoms with Crippen LogP contribution in [-0.2, 0) is 40.1 Å². The number of carboxylic acids is 1. The molecular formula is C39H37F6N3O9S2. The number of fused-ring (bicyclic) bond motifs is 2. The number of hydrogen-bond donors (Lipinski definition) is 4. The van der Waals surface area contributed by atoms with Crippen LogP contribution < -0.4 is 13.9 Å². The molecule has 4 N–H and O–H groups in total. The van der Waals surface area contributed by atoms with Gasteiger partial charge in [-0.1, -0.05) is 50.2 Å². The van der Waals surface area contributed by atoms with Crippen molar-refractivity contribution in [3.63, 3.8) is 0 Å². The molecule has 4 aromatic carbocycles. The smallest absolute Gasteiger partial charge is 0.391 e. The number of hydrogen-bond acceptors (Lipinski definition) is 8. The van der Waals surface area contributed by atoms with Crippen molar-refractivity contribution in [1.82, 2.24) is 5.32 Å². The molecule has 0 spiro atoms. The normalized spacial score (nSPS) is 20.5. The van der Waals surface area contributed by atoms with Crippen LogP contribution in [0.3, 0.4) is 0 Å². The summed E-state index contributed by atoms with van der Waals surface area (Å²) in [4.78, 5) is 21.8. The first kappa shape index (κ1) is 43.4. The number of halogens is 6. The summed E-state index contributed by atoms with van der Waals surface area (Å²) in [6.07, 6.45) is 1.49. The minimum Gasteiger partial charge on any atom is -0.479 e. The molecule has 8 rings (SSSR count). The van der Waals surface area contributed by atoms with Crippen LogP contribution in [0.15, 0.2) is 84.9 Å². The van der Waals surface area contributed by atoms with Crippen molar-refractivity contribution in [2.45, 2.75) is 80.1 Å². The number of carbonyl (C=O) groups is 2. The second kappa shape index (κ2) is 14.8. The summed E-state index contributed by atoms with van der Waals surface area (Å²) in [5.74, 6) is -3.31.